The van der Waals surface area contributed by atoms with E-state index >= 15 is 0 Å². The van der Waals surface area contributed by atoms with Gasteiger partial charge in [0, 0.05) is 14.9 Å². The summed E-state index contributed by atoms with van der Waals surface area (Å²) in [5.41, 5.74) is 0.213. The average molecular weight is 576 g/mol. The summed E-state index contributed by atoms with van der Waals surface area (Å²) in [6.07, 6.45) is 11.1. The van der Waals surface area contributed by atoms with E-state index in [4.69, 9.17) is 14.2 Å². The Morgan fingerprint density at radius 3 is 2.51 bits per heavy atom. The van der Waals surface area contributed by atoms with Gasteiger partial charge in [0.25, 0.3) is 0 Å². The predicted molar refractivity (Wildman–Crippen MR) is 157 cm³/mol. The van der Waals surface area contributed by atoms with Gasteiger partial charge >= 0.3 is 0 Å². The maximum atomic E-state index is 12.0. The number of carbonyl (C=O) groups excluding carboxylic acids is 1. The topological polar surface area (TPSA) is 88.5 Å². The third-order valence-corrected chi connectivity index (χ3v) is 14.4. The van der Waals surface area contributed by atoms with E-state index in [0.717, 1.165) is 31.6 Å². The standard InChI is InChI=1S/C34H55NO6.H2/c1-20(36)35-15-16-39-28(18-35)41-27-11-12-34-19-33(34)14-13-32(6)22-7-9-24(29(37)31(4,5)38)40-25(22)17-23(32)21(33)8-10-26(34)30(27,2)3;/h21-29,37-38H,7-19H2,1-6H3;1H/t21?,22?,23?,24?,25?,26?,27-,28?,29-,32?,33-,34+;/m0./s1. The molecule has 0 radical (unpaired) electrons. The third kappa shape index (κ3) is 4.11. The first-order valence-electron chi connectivity index (χ1n) is 16.8. The zero-order valence-electron chi connectivity index (χ0n) is 26.4. The zero-order chi connectivity index (χ0) is 29.2. The second kappa shape index (κ2) is 9.39. The van der Waals surface area contributed by atoms with Crippen LogP contribution in [0.3, 0.4) is 0 Å². The Morgan fingerprint density at radius 2 is 1.78 bits per heavy atom. The van der Waals surface area contributed by atoms with E-state index in [1.807, 2.05) is 4.90 Å². The number of fused-ring (bicyclic) bond motifs is 4. The molecule has 41 heavy (non-hydrogen) atoms. The average Bonchev–Trinajstić information content (AvgIpc) is 3.49. The molecule has 2 aliphatic heterocycles. The number of hydrogen-bond acceptors (Lipinski definition) is 6. The molecular formula is C34H57NO6. The van der Waals surface area contributed by atoms with E-state index in [1.54, 1.807) is 20.8 Å². The van der Waals surface area contributed by atoms with Crippen molar-refractivity contribution in [3.63, 3.8) is 0 Å². The SMILES string of the molecule is CC(=O)N1CCOC(O[C@H]2CC[C@]34C[C@]35CCC3(C)C6CCC([C@H](O)C(C)(C)O)OC6CC3C5CCC4C2(C)C)C1.[HH]. The quantitative estimate of drug-likeness (QED) is 0.482. The molecule has 2 N–H and O–H groups in total. The van der Waals surface area contributed by atoms with Crippen LogP contribution in [-0.2, 0) is 19.0 Å². The Morgan fingerprint density at radius 1 is 1.02 bits per heavy atom. The van der Waals surface area contributed by atoms with E-state index in [-0.39, 0.29) is 37.4 Å². The van der Waals surface area contributed by atoms with E-state index in [2.05, 4.69) is 20.8 Å². The summed E-state index contributed by atoms with van der Waals surface area (Å²) in [7, 11) is 0. The van der Waals surface area contributed by atoms with Crippen molar-refractivity contribution < 1.29 is 30.6 Å². The molecule has 234 valence electrons. The summed E-state index contributed by atoms with van der Waals surface area (Å²) in [5, 5.41) is 21.3. The van der Waals surface area contributed by atoms with Crippen LogP contribution in [0.2, 0.25) is 0 Å². The van der Waals surface area contributed by atoms with Crippen LogP contribution in [0, 0.1) is 45.3 Å². The molecule has 7 nitrogen and oxygen atoms in total. The van der Waals surface area contributed by atoms with Crippen LogP contribution >= 0.6 is 0 Å². The maximum absolute atomic E-state index is 12.0. The van der Waals surface area contributed by atoms with Gasteiger partial charge in [-0.25, -0.2) is 0 Å². The first kappa shape index (κ1) is 29.0. The molecule has 5 saturated carbocycles. The maximum Gasteiger partial charge on any atom is 0.219 e. The number of nitrogens with zero attached hydrogens (tertiary/aromatic N) is 1. The van der Waals surface area contributed by atoms with E-state index in [1.165, 1.54) is 38.5 Å². The van der Waals surface area contributed by atoms with Crippen molar-refractivity contribution in [2.75, 3.05) is 19.7 Å². The van der Waals surface area contributed by atoms with Gasteiger partial charge in [-0.2, -0.15) is 0 Å². The summed E-state index contributed by atoms with van der Waals surface area (Å²) in [4.78, 5) is 13.9. The van der Waals surface area contributed by atoms with Crippen molar-refractivity contribution in [3.8, 4) is 0 Å². The molecule has 12 atom stereocenters. The highest BCUT2D eigenvalue weighted by Gasteiger charge is 2.80. The lowest BCUT2D eigenvalue weighted by atomic mass is 9.46. The van der Waals surface area contributed by atoms with Crippen LogP contribution in [0.25, 0.3) is 0 Å². The molecule has 8 unspecified atom stereocenters. The van der Waals surface area contributed by atoms with Gasteiger partial charge in [0.05, 0.1) is 37.1 Å². The summed E-state index contributed by atoms with van der Waals surface area (Å²) in [6, 6.07) is 0. The van der Waals surface area contributed by atoms with Crippen molar-refractivity contribution in [2.45, 2.75) is 142 Å². The minimum atomic E-state index is -1.14. The molecule has 2 spiro atoms. The number of amides is 1. The van der Waals surface area contributed by atoms with Crippen LogP contribution in [0.5, 0.6) is 0 Å². The lowest BCUT2D eigenvalue weighted by Crippen LogP contribution is -2.56. The number of ether oxygens (including phenoxy) is 3. The van der Waals surface area contributed by atoms with Gasteiger partial charge < -0.3 is 29.3 Å². The molecule has 0 aromatic heterocycles. The summed E-state index contributed by atoms with van der Waals surface area (Å²) in [5.74, 6) is 2.84. The van der Waals surface area contributed by atoms with Crippen molar-refractivity contribution in [1.29, 1.82) is 0 Å². The molecule has 0 aromatic rings. The largest absolute Gasteiger partial charge is 0.388 e. The highest BCUT2D eigenvalue weighted by molar-refractivity contribution is 5.73. The molecule has 1 amide bonds. The van der Waals surface area contributed by atoms with E-state index in [0.29, 0.717) is 53.7 Å². The molecule has 0 aromatic carbocycles. The lowest BCUT2D eigenvalue weighted by Gasteiger charge is -2.60. The molecule has 5 aliphatic carbocycles. The van der Waals surface area contributed by atoms with Gasteiger partial charge in [0.15, 0.2) is 6.29 Å². The second-order valence-corrected chi connectivity index (χ2v) is 16.8. The molecule has 2 saturated heterocycles. The molecule has 7 aliphatic rings. The van der Waals surface area contributed by atoms with E-state index < -0.39 is 11.7 Å². The first-order chi connectivity index (χ1) is 19.2. The lowest BCUT2D eigenvalue weighted by molar-refractivity contribution is -0.244. The monoisotopic (exact) mass is 575 g/mol. The minimum absolute atomic E-state index is 0. The number of aliphatic hydroxyl groups is 2. The second-order valence-electron chi connectivity index (χ2n) is 16.8. The smallest absolute Gasteiger partial charge is 0.219 e. The fraction of sp³-hybridized carbons (Fsp3) is 0.971. The first-order valence-corrected chi connectivity index (χ1v) is 16.8. The summed E-state index contributed by atoms with van der Waals surface area (Å²) in [6.45, 7) is 14.3. The number of rotatable bonds is 4. The van der Waals surface area contributed by atoms with Crippen LogP contribution < -0.4 is 0 Å². The fourth-order valence-corrected chi connectivity index (χ4v) is 12.4. The Hall–Kier alpha value is -0.730. The highest BCUT2D eigenvalue weighted by atomic mass is 16.7. The van der Waals surface area contributed by atoms with Crippen molar-refractivity contribution in [2.24, 2.45) is 45.3 Å². The highest BCUT2D eigenvalue weighted by Crippen LogP contribution is 2.87. The van der Waals surface area contributed by atoms with Crippen molar-refractivity contribution >= 4 is 5.91 Å². The Bertz CT molecular complexity index is 1060. The molecule has 7 fully saturated rings. The Balaban J connectivity index is 0.00000316. The molecule has 7 heteroatoms. The fourth-order valence-electron chi connectivity index (χ4n) is 12.4. The normalized spacial score (nSPS) is 51.0. The summed E-state index contributed by atoms with van der Waals surface area (Å²) < 4.78 is 19.4. The number of carbonyl (C=O) groups is 1. The Kier molecular flexibility index (Phi) is 6.64. The van der Waals surface area contributed by atoms with Crippen LogP contribution in [-0.4, -0.2) is 77.0 Å². The van der Waals surface area contributed by atoms with E-state index in [9.17, 15) is 15.0 Å². The zero-order valence-corrected chi connectivity index (χ0v) is 26.4. The van der Waals surface area contributed by atoms with Gasteiger partial charge in [-0.15, -0.1) is 0 Å². The number of morpholine rings is 1. The molecule has 7 rings (SSSR count). The minimum Gasteiger partial charge on any atom is -0.388 e. The van der Waals surface area contributed by atoms with Crippen molar-refractivity contribution in [1.82, 2.24) is 4.90 Å². The van der Waals surface area contributed by atoms with Crippen LogP contribution in [0.1, 0.15) is 107 Å². The predicted octanol–water partition coefficient (Wildman–Crippen LogP) is 5.16. The van der Waals surface area contributed by atoms with Crippen molar-refractivity contribution in [3.05, 3.63) is 0 Å². The van der Waals surface area contributed by atoms with Gasteiger partial charge in [0.1, 0.15) is 6.10 Å². The van der Waals surface area contributed by atoms with Gasteiger partial charge in [-0.3, -0.25) is 4.79 Å². The third-order valence-electron chi connectivity index (χ3n) is 14.4. The number of aliphatic hydroxyl groups excluding tert-OH is 1. The van der Waals surface area contributed by atoms with Gasteiger partial charge in [-0.1, -0.05) is 20.8 Å². The van der Waals surface area contributed by atoms with Crippen LogP contribution in [0.4, 0.5) is 0 Å². The number of hydrogen-bond donors (Lipinski definition) is 2. The summed E-state index contributed by atoms with van der Waals surface area (Å²) >= 11 is 0. The molecular weight excluding hydrogens is 518 g/mol. The molecule has 2 heterocycles. The van der Waals surface area contributed by atoms with Gasteiger partial charge in [0.2, 0.25) is 5.91 Å². The molecule has 0 bridgehead atoms. The van der Waals surface area contributed by atoms with Crippen LogP contribution in [0.15, 0.2) is 0 Å². The van der Waals surface area contributed by atoms with Gasteiger partial charge in [-0.05, 0) is 123 Å². The Labute approximate surface area is 248 Å².